The predicted molar refractivity (Wildman–Crippen MR) is 111 cm³/mol. The third kappa shape index (κ3) is 4.49. The molecule has 7 heteroatoms. The highest BCUT2D eigenvalue weighted by Gasteiger charge is 2.13. The van der Waals surface area contributed by atoms with Crippen molar-refractivity contribution < 1.29 is 19.0 Å². The lowest BCUT2D eigenvalue weighted by Crippen LogP contribution is -2.19. The Labute approximate surface area is 167 Å². The standard InChI is InChI=1S/C21H22N2O4S/c1-25-12-11-23-16-13-17(26-2)18(27-3)14-19(16)28-21(23)22-20(24)10-9-15-7-5-4-6-8-15/h4-10,13-14H,11-12H2,1-3H3/b10-9+,22-21?. The van der Waals surface area contributed by atoms with Crippen LogP contribution in [0.25, 0.3) is 16.3 Å². The minimum Gasteiger partial charge on any atom is -0.493 e. The van der Waals surface area contributed by atoms with Gasteiger partial charge in [-0.1, -0.05) is 41.7 Å². The fourth-order valence-electron chi connectivity index (χ4n) is 2.74. The summed E-state index contributed by atoms with van der Waals surface area (Å²) in [5.41, 5.74) is 1.86. The molecule has 0 aliphatic carbocycles. The third-order valence-electron chi connectivity index (χ3n) is 4.13. The van der Waals surface area contributed by atoms with Crippen LogP contribution >= 0.6 is 11.3 Å². The van der Waals surface area contributed by atoms with Gasteiger partial charge < -0.3 is 18.8 Å². The molecule has 0 saturated carbocycles. The van der Waals surface area contributed by atoms with Crippen LogP contribution in [0.4, 0.5) is 0 Å². The van der Waals surface area contributed by atoms with Crippen LogP contribution in [0.2, 0.25) is 0 Å². The van der Waals surface area contributed by atoms with Gasteiger partial charge in [0.05, 0.1) is 31.0 Å². The summed E-state index contributed by atoms with van der Waals surface area (Å²) < 4.78 is 18.9. The molecule has 3 rings (SSSR count). The van der Waals surface area contributed by atoms with Gasteiger partial charge in [-0.15, -0.1) is 0 Å². The van der Waals surface area contributed by atoms with Gasteiger partial charge in [-0.3, -0.25) is 4.79 Å². The predicted octanol–water partition coefficient (Wildman–Crippen LogP) is 3.51. The first-order valence-corrected chi connectivity index (χ1v) is 9.54. The van der Waals surface area contributed by atoms with Crippen LogP contribution in [0.5, 0.6) is 11.5 Å². The first kappa shape index (κ1) is 19.9. The maximum absolute atomic E-state index is 12.4. The highest BCUT2D eigenvalue weighted by Crippen LogP contribution is 2.33. The van der Waals surface area contributed by atoms with E-state index in [1.807, 2.05) is 47.0 Å². The van der Waals surface area contributed by atoms with Crippen LogP contribution < -0.4 is 14.3 Å². The Bertz CT molecular complexity index is 1050. The van der Waals surface area contributed by atoms with E-state index in [9.17, 15) is 4.79 Å². The quantitative estimate of drug-likeness (QED) is 0.572. The van der Waals surface area contributed by atoms with Gasteiger partial charge in [-0.05, 0) is 11.6 Å². The van der Waals surface area contributed by atoms with Crippen molar-refractivity contribution in [1.82, 2.24) is 4.57 Å². The average Bonchev–Trinajstić information content (AvgIpc) is 3.05. The van der Waals surface area contributed by atoms with Crippen molar-refractivity contribution in [3.05, 3.63) is 58.9 Å². The molecule has 0 unspecified atom stereocenters. The highest BCUT2D eigenvalue weighted by molar-refractivity contribution is 7.16. The van der Waals surface area contributed by atoms with E-state index in [0.717, 1.165) is 15.8 Å². The Hall–Kier alpha value is -2.90. The molecule has 0 fully saturated rings. The molecule has 0 saturated heterocycles. The minimum absolute atomic E-state index is 0.319. The average molecular weight is 398 g/mol. The normalized spacial score (nSPS) is 12.0. The smallest absolute Gasteiger partial charge is 0.272 e. The van der Waals surface area contributed by atoms with Gasteiger partial charge in [0.15, 0.2) is 16.3 Å². The molecule has 0 aliphatic heterocycles. The second kappa shape index (κ2) is 9.34. The van der Waals surface area contributed by atoms with E-state index in [1.165, 1.54) is 17.4 Å². The molecule has 2 aromatic carbocycles. The molecule has 0 bridgehead atoms. The molecule has 3 aromatic rings. The molecular formula is C21H22N2O4S. The third-order valence-corrected chi connectivity index (χ3v) is 5.17. The van der Waals surface area contributed by atoms with Crippen LogP contribution in [-0.2, 0) is 16.1 Å². The Morgan fingerprint density at radius 3 is 2.50 bits per heavy atom. The summed E-state index contributed by atoms with van der Waals surface area (Å²) in [6.07, 6.45) is 3.23. The summed E-state index contributed by atoms with van der Waals surface area (Å²) in [6, 6.07) is 13.4. The van der Waals surface area contributed by atoms with Crippen molar-refractivity contribution in [3.63, 3.8) is 0 Å². The van der Waals surface area contributed by atoms with Crippen molar-refractivity contribution in [1.29, 1.82) is 0 Å². The van der Waals surface area contributed by atoms with Gasteiger partial charge >= 0.3 is 0 Å². The van der Waals surface area contributed by atoms with Gasteiger partial charge in [0, 0.05) is 31.9 Å². The van der Waals surface area contributed by atoms with Crippen LogP contribution in [0, 0.1) is 0 Å². The van der Waals surface area contributed by atoms with Gasteiger partial charge in [0.25, 0.3) is 5.91 Å². The molecule has 1 amide bonds. The molecule has 0 N–H and O–H groups in total. The molecule has 146 valence electrons. The van der Waals surface area contributed by atoms with Crippen molar-refractivity contribution >= 4 is 33.5 Å². The number of aromatic nitrogens is 1. The Morgan fingerprint density at radius 2 is 1.82 bits per heavy atom. The number of nitrogens with zero attached hydrogens (tertiary/aromatic N) is 2. The molecule has 0 radical (unpaired) electrons. The van der Waals surface area contributed by atoms with E-state index in [2.05, 4.69) is 4.99 Å². The molecule has 0 atom stereocenters. The van der Waals surface area contributed by atoms with Gasteiger partial charge in [-0.2, -0.15) is 4.99 Å². The highest BCUT2D eigenvalue weighted by atomic mass is 32.1. The number of ether oxygens (including phenoxy) is 3. The molecule has 1 aromatic heterocycles. The summed E-state index contributed by atoms with van der Waals surface area (Å²) in [5.74, 6) is 0.943. The second-order valence-electron chi connectivity index (χ2n) is 5.90. The first-order chi connectivity index (χ1) is 13.7. The van der Waals surface area contributed by atoms with Crippen LogP contribution in [0.15, 0.2) is 53.5 Å². The molecule has 1 heterocycles. The molecule has 6 nitrogen and oxygen atoms in total. The Morgan fingerprint density at radius 1 is 1.11 bits per heavy atom. The fraction of sp³-hybridized carbons (Fsp3) is 0.238. The van der Waals surface area contributed by atoms with Crippen LogP contribution in [-0.4, -0.2) is 38.4 Å². The lowest BCUT2D eigenvalue weighted by Gasteiger charge is -2.09. The van der Waals surface area contributed by atoms with Crippen molar-refractivity contribution in [3.8, 4) is 11.5 Å². The zero-order valence-corrected chi connectivity index (χ0v) is 16.9. The SMILES string of the molecule is COCCn1c(=NC(=O)/C=C/c2ccccc2)sc2cc(OC)c(OC)cc21. The number of methoxy groups -OCH3 is 3. The minimum atomic E-state index is -0.319. The lowest BCUT2D eigenvalue weighted by molar-refractivity contribution is -0.113. The molecule has 0 spiro atoms. The summed E-state index contributed by atoms with van der Waals surface area (Å²) >= 11 is 1.42. The van der Waals surface area contributed by atoms with E-state index in [-0.39, 0.29) is 5.91 Å². The largest absolute Gasteiger partial charge is 0.493 e. The number of benzene rings is 2. The van der Waals surface area contributed by atoms with Gasteiger partial charge in [-0.25, -0.2) is 0 Å². The monoisotopic (exact) mass is 398 g/mol. The summed E-state index contributed by atoms with van der Waals surface area (Å²) in [6.45, 7) is 1.07. The van der Waals surface area contributed by atoms with E-state index < -0.39 is 0 Å². The van der Waals surface area contributed by atoms with E-state index in [1.54, 1.807) is 27.4 Å². The van der Waals surface area contributed by atoms with Crippen molar-refractivity contribution in [2.24, 2.45) is 4.99 Å². The van der Waals surface area contributed by atoms with E-state index in [0.29, 0.717) is 29.5 Å². The van der Waals surface area contributed by atoms with E-state index >= 15 is 0 Å². The Balaban J connectivity index is 2.03. The van der Waals surface area contributed by atoms with Gasteiger partial charge in [0.1, 0.15) is 0 Å². The number of amides is 1. The summed E-state index contributed by atoms with van der Waals surface area (Å²) in [7, 11) is 4.83. The Kier molecular flexibility index (Phi) is 6.62. The molecular weight excluding hydrogens is 376 g/mol. The fourth-order valence-corrected chi connectivity index (χ4v) is 3.82. The summed E-state index contributed by atoms with van der Waals surface area (Å²) in [5, 5.41) is 0. The number of rotatable bonds is 7. The van der Waals surface area contributed by atoms with Crippen molar-refractivity contribution in [2.45, 2.75) is 6.54 Å². The van der Waals surface area contributed by atoms with Gasteiger partial charge in [0.2, 0.25) is 0 Å². The number of carbonyl (C=O) groups excluding carboxylic acids is 1. The number of hydrogen-bond acceptors (Lipinski definition) is 5. The number of carbonyl (C=O) groups is 1. The molecule has 28 heavy (non-hydrogen) atoms. The maximum atomic E-state index is 12.4. The van der Waals surface area contributed by atoms with Crippen molar-refractivity contribution in [2.75, 3.05) is 27.9 Å². The number of thiazole rings is 1. The second-order valence-corrected chi connectivity index (χ2v) is 6.91. The van der Waals surface area contributed by atoms with E-state index in [4.69, 9.17) is 14.2 Å². The number of hydrogen-bond donors (Lipinski definition) is 0. The molecule has 0 aliphatic rings. The number of fused-ring (bicyclic) bond motifs is 1. The van der Waals surface area contributed by atoms with Crippen LogP contribution in [0.3, 0.4) is 0 Å². The zero-order valence-electron chi connectivity index (χ0n) is 16.0. The summed E-state index contributed by atoms with van der Waals surface area (Å²) in [4.78, 5) is 17.3. The first-order valence-electron chi connectivity index (χ1n) is 8.72. The topological polar surface area (TPSA) is 62.1 Å². The lowest BCUT2D eigenvalue weighted by atomic mass is 10.2. The van der Waals surface area contributed by atoms with Crippen LogP contribution in [0.1, 0.15) is 5.56 Å². The zero-order chi connectivity index (χ0) is 19.9. The maximum Gasteiger partial charge on any atom is 0.272 e.